The molecule has 15 heteroatoms. The van der Waals surface area contributed by atoms with Gasteiger partial charge in [0.15, 0.2) is 23.5 Å². The molecule has 0 aliphatic carbocycles. The maximum absolute atomic E-state index is 10.3. The molecule has 0 bridgehead atoms. The molecule has 2 aromatic rings. The second-order valence-electron chi connectivity index (χ2n) is 4.56. The second-order valence-corrected chi connectivity index (χ2v) is 4.56. The summed E-state index contributed by atoms with van der Waals surface area (Å²) in [7, 11) is 0. The largest absolute Gasteiger partial charge is 0.504 e. The van der Waals surface area contributed by atoms with E-state index in [4.69, 9.17) is 20.4 Å². The first kappa shape index (κ1) is 29.2. The smallest absolute Gasteiger partial charge is 0.315 e. The highest BCUT2D eigenvalue weighted by Gasteiger charge is 2.18. The minimum absolute atomic E-state index is 0. The molecule has 0 radical (unpaired) electrons. The van der Waals surface area contributed by atoms with Crippen molar-refractivity contribution in [3.8, 4) is 23.0 Å². The zero-order valence-electron chi connectivity index (χ0n) is 13.8. The van der Waals surface area contributed by atoms with Crippen molar-refractivity contribution < 1.29 is 39.9 Å². The summed E-state index contributed by atoms with van der Waals surface area (Å²) in [4.78, 5) is 39.4. The lowest BCUT2D eigenvalue weighted by atomic mass is 10.2. The van der Waals surface area contributed by atoms with E-state index in [0.29, 0.717) is 6.29 Å². The third kappa shape index (κ3) is 8.47. The van der Waals surface area contributed by atoms with Crippen LogP contribution < -0.4 is 0 Å². The van der Waals surface area contributed by atoms with Crippen molar-refractivity contribution >= 4 is 85.2 Å². The van der Waals surface area contributed by atoms with Crippen LogP contribution in [-0.4, -0.2) is 42.8 Å². The van der Waals surface area contributed by atoms with Crippen molar-refractivity contribution in [2.75, 3.05) is 0 Å². The maximum Gasteiger partial charge on any atom is 0.315 e. The van der Waals surface area contributed by atoms with Gasteiger partial charge in [-0.05, 0) is 6.07 Å². The first-order valence-corrected chi connectivity index (χ1v) is 12.9. The Kier molecular flexibility index (Phi) is 14.1. The molecule has 0 aliphatic rings. The molecule has 0 heterocycles. The highest BCUT2D eigenvalue weighted by Crippen LogP contribution is 2.35. The lowest BCUT2D eigenvalue weighted by Gasteiger charge is -1.99. The average Bonchev–Trinajstić information content (AvgIpc) is 2.67. The second kappa shape index (κ2) is 14.0. The van der Waals surface area contributed by atoms with Crippen LogP contribution >= 0.6 is 61.2 Å². The number of halogens is 3. The Morgan fingerprint density at radius 2 is 1.24 bits per heavy atom. The third-order valence-electron chi connectivity index (χ3n) is 2.87. The summed E-state index contributed by atoms with van der Waals surface area (Å²) in [5.74, 6) is -2.71. The van der Waals surface area contributed by atoms with Crippen LogP contribution in [0.4, 0.5) is 11.4 Å². The standard InChI is InChI=1S/2C7H5NO5.I2.HI/c9-3-4-1-6(10)7(11)2-5(4)8(12)13;9-3-4-1-5(8(12)13)7(11)6(10)2-4;1-2;/h2*1-3,10-11H;;1H. The molecule has 4 N–H and O–H groups in total. The quantitative estimate of drug-likeness (QED) is 0.116. The first-order valence-electron chi connectivity index (χ1n) is 6.57. The van der Waals surface area contributed by atoms with Crippen LogP contribution in [0.25, 0.3) is 0 Å². The van der Waals surface area contributed by atoms with E-state index in [2.05, 4.69) is 37.2 Å². The van der Waals surface area contributed by atoms with Crippen molar-refractivity contribution in [2.45, 2.75) is 0 Å². The molecule has 29 heavy (non-hydrogen) atoms. The SMILES string of the molecule is I.II.O=Cc1cc(O)c(O)c([N+](=O)[O-])c1.O=Cc1cc(O)c(O)cc1[N+](=O)[O-]. The number of nitro benzene ring substituents is 2. The Morgan fingerprint density at radius 3 is 1.66 bits per heavy atom. The van der Waals surface area contributed by atoms with E-state index < -0.39 is 44.2 Å². The number of carbonyl (C=O) groups is 2. The van der Waals surface area contributed by atoms with Gasteiger partial charge in [0.25, 0.3) is 5.69 Å². The molecule has 0 saturated heterocycles. The highest BCUT2D eigenvalue weighted by atomic mass is 128. The zero-order chi connectivity index (χ0) is 22.0. The summed E-state index contributed by atoms with van der Waals surface area (Å²) in [5.41, 5.74) is -1.57. The van der Waals surface area contributed by atoms with E-state index in [-0.39, 0.29) is 41.4 Å². The number of nitrogens with zero attached hydrogens (tertiary/aromatic N) is 2. The number of phenols is 4. The van der Waals surface area contributed by atoms with Crippen LogP contribution in [0.15, 0.2) is 24.3 Å². The number of rotatable bonds is 4. The number of aromatic hydroxyl groups is 4. The van der Waals surface area contributed by atoms with Gasteiger partial charge in [-0.15, -0.1) is 24.0 Å². The minimum Gasteiger partial charge on any atom is -0.504 e. The van der Waals surface area contributed by atoms with Gasteiger partial charge in [-0.2, -0.15) is 0 Å². The molecule has 0 fully saturated rings. The molecule has 2 aromatic carbocycles. The van der Waals surface area contributed by atoms with Crippen LogP contribution in [0, 0.1) is 20.2 Å². The fourth-order valence-corrected chi connectivity index (χ4v) is 1.67. The van der Waals surface area contributed by atoms with Crippen LogP contribution in [0.5, 0.6) is 23.0 Å². The molecule has 158 valence electrons. The predicted molar refractivity (Wildman–Crippen MR) is 127 cm³/mol. The number of nitro groups is 2. The van der Waals surface area contributed by atoms with E-state index >= 15 is 0 Å². The molecule has 0 amide bonds. The van der Waals surface area contributed by atoms with Crippen LogP contribution in [0.1, 0.15) is 20.7 Å². The molecule has 12 nitrogen and oxygen atoms in total. The number of carbonyl (C=O) groups excluding carboxylic acids is 2. The molecule has 0 aromatic heterocycles. The Labute approximate surface area is 202 Å². The molecule has 0 saturated carbocycles. The van der Waals surface area contributed by atoms with Gasteiger partial charge in [-0.3, -0.25) is 29.8 Å². The van der Waals surface area contributed by atoms with Gasteiger partial charge in [0, 0.05) is 54.9 Å². The Bertz CT molecular complexity index is 908. The van der Waals surface area contributed by atoms with Gasteiger partial charge >= 0.3 is 5.69 Å². The summed E-state index contributed by atoms with van der Waals surface area (Å²) in [5, 5.41) is 56.3. The summed E-state index contributed by atoms with van der Waals surface area (Å²) < 4.78 is 0. The van der Waals surface area contributed by atoms with E-state index in [0.717, 1.165) is 24.3 Å². The molecule has 0 atom stereocenters. The van der Waals surface area contributed by atoms with E-state index in [9.17, 15) is 29.8 Å². The number of phenolic OH excluding ortho intramolecular Hbond substituents is 4. The Hall–Kier alpha value is -2.03. The van der Waals surface area contributed by atoms with Gasteiger partial charge in [-0.1, -0.05) is 0 Å². The lowest BCUT2D eigenvalue weighted by Crippen LogP contribution is -1.93. The normalized spacial score (nSPS) is 8.76. The molecule has 2 rings (SSSR count). The molecule has 0 spiro atoms. The summed E-state index contributed by atoms with van der Waals surface area (Å²) in [6.45, 7) is 0. The Balaban J connectivity index is 0. The van der Waals surface area contributed by atoms with Crippen LogP contribution in [0.3, 0.4) is 0 Å². The van der Waals surface area contributed by atoms with Gasteiger partial charge in [0.1, 0.15) is 6.29 Å². The lowest BCUT2D eigenvalue weighted by molar-refractivity contribution is -0.386. The third-order valence-corrected chi connectivity index (χ3v) is 2.87. The predicted octanol–water partition coefficient (Wildman–Crippen LogP) is 4.03. The summed E-state index contributed by atoms with van der Waals surface area (Å²) in [6, 6.07) is 3.37. The van der Waals surface area contributed by atoms with Crippen molar-refractivity contribution in [1.29, 1.82) is 0 Å². The minimum atomic E-state index is -0.887. The van der Waals surface area contributed by atoms with Gasteiger partial charge in [-0.25, -0.2) is 0 Å². The van der Waals surface area contributed by atoms with Crippen LogP contribution in [0.2, 0.25) is 0 Å². The summed E-state index contributed by atoms with van der Waals surface area (Å²) in [6.07, 6.45) is 0.573. The topological polar surface area (TPSA) is 201 Å². The number of aldehydes is 2. The van der Waals surface area contributed by atoms with E-state index in [1.165, 1.54) is 0 Å². The highest BCUT2D eigenvalue weighted by molar-refractivity contribution is 15.0. The average molecular weight is 748 g/mol. The van der Waals surface area contributed by atoms with E-state index in [1.54, 1.807) is 0 Å². The summed E-state index contributed by atoms with van der Waals surface area (Å²) >= 11 is 4.24. The molecular formula is C14H11I3N2O10. The van der Waals surface area contributed by atoms with Gasteiger partial charge in [0.05, 0.1) is 21.5 Å². The maximum atomic E-state index is 10.3. The number of hydrogen-bond donors (Lipinski definition) is 4. The molecule has 0 aliphatic heterocycles. The van der Waals surface area contributed by atoms with Crippen LogP contribution in [-0.2, 0) is 0 Å². The number of hydrogen-bond acceptors (Lipinski definition) is 10. The molecular weight excluding hydrogens is 737 g/mol. The van der Waals surface area contributed by atoms with E-state index in [1.807, 2.05) is 0 Å². The number of benzene rings is 2. The fraction of sp³-hybridized carbons (Fsp3) is 0. The van der Waals surface area contributed by atoms with Gasteiger partial charge in [0.2, 0.25) is 5.75 Å². The monoisotopic (exact) mass is 748 g/mol. The zero-order valence-corrected chi connectivity index (χ0v) is 20.4. The fourth-order valence-electron chi connectivity index (χ4n) is 1.67. The van der Waals surface area contributed by atoms with Crippen molar-refractivity contribution in [2.24, 2.45) is 0 Å². The molecule has 0 unspecified atom stereocenters. The Morgan fingerprint density at radius 1 is 0.759 bits per heavy atom. The van der Waals surface area contributed by atoms with Crippen molar-refractivity contribution in [1.82, 2.24) is 0 Å². The first-order chi connectivity index (χ1) is 13.1. The van der Waals surface area contributed by atoms with Crippen molar-refractivity contribution in [3.05, 3.63) is 55.6 Å². The van der Waals surface area contributed by atoms with Crippen molar-refractivity contribution in [3.63, 3.8) is 0 Å². The van der Waals surface area contributed by atoms with Gasteiger partial charge < -0.3 is 20.4 Å².